The SMILES string of the molecule is COc1ccc(CCC(=O)NCC2COc3ccccc3O2)cc1OC. The number of ether oxygens (including phenoxy) is 4. The van der Waals surface area contributed by atoms with Crippen molar-refractivity contribution in [2.45, 2.75) is 18.9 Å². The van der Waals surface area contributed by atoms with Crippen LogP contribution in [0.5, 0.6) is 23.0 Å². The quantitative estimate of drug-likeness (QED) is 0.825. The zero-order valence-corrected chi connectivity index (χ0v) is 15.0. The summed E-state index contributed by atoms with van der Waals surface area (Å²) in [5.74, 6) is 2.77. The van der Waals surface area contributed by atoms with Gasteiger partial charge in [0.15, 0.2) is 23.0 Å². The largest absolute Gasteiger partial charge is 0.493 e. The van der Waals surface area contributed by atoms with Crippen molar-refractivity contribution in [2.24, 2.45) is 0 Å². The molecule has 6 nitrogen and oxygen atoms in total. The summed E-state index contributed by atoms with van der Waals surface area (Å²) >= 11 is 0. The van der Waals surface area contributed by atoms with Crippen LogP contribution in [0, 0.1) is 0 Å². The number of hydrogen-bond donors (Lipinski definition) is 1. The van der Waals surface area contributed by atoms with Crippen molar-refractivity contribution in [1.82, 2.24) is 5.32 Å². The van der Waals surface area contributed by atoms with E-state index in [0.717, 1.165) is 11.3 Å². The number of benzene rings is 2. The Morgan fingerprint density at radius 3 is 2.65 bits per heavy atom. The van der Waals surface area contributed by atoms with Crippen molar-refractivity contribution < 1.29 is 23.7 Å². The van der Waals surface area contributed by atoms with E-state index in [-0.39, 0.29) is 12.0 Å². The molecular weight excluding hydrogens is 334 g/mol. The van der Waals surface area contributed by atoms with Crippen LogP contribution in [-0.2, 0) is 11.2 Å². The molecule has 0 aromatic heterocycles. The van der Waals surface area contributed by atoms with E-state index in [1.54, 1.807) is 14.2 Å². The van der Waals surface area contributed by atoms with Gasteiger partial charge in [0.05, 0.1) is 20.8 Å². The van der Waals surface area contributed by atoms with Gasteiger partial charge in [-0.15, -0.1) is 0 Å². The molecule has 1 heterocycles. The normalized spacial score (nSPS) is 15.2. The molecule has 0 aliphatic carbocycles. The number of aryl methyl sites for hydroxylation is 1. The molecule has 3 rings (SSSR count). The molecule has 2 aromatic carbocycles. The Hall–Kier alpha value is -2.89. The highest BCUT2D eigenvalue weighted by molar-refractivity contribution is 5.76. The van der Waals surface area contributed by atoms with Crippen molar-refractivity contribution in [3.05, 3.63) is 48.0 Å². The molecule has 0 spiro atoms. The number of fused-ring (bicyclic) bond motifs is 1. The van der Waals surface area contributed by atoms with Crippen LogP contribution in [0.2, 0.25) is 0 Å². The van der Waals surface area contributed by atoms with Gasteiger partial charge in [0.1, 0.15) is 12.7 Å². The fourth-order valence-corrected chi connectivity index (χ4v) is 2.77. The van der Waals surface area contributed by atoms with E-state index >= 15 is 0 Å². The average molecular weight is 357 g/mol. The molecule has 0 saturated heterocycles. The van der Waals surface area contributed by atoms with Gasteiger partial charge in [0.25, 0.3) is 0 Å². The predicted octanol–water partition coefficient (Wildman–Crippen LogP) is 2.59. The number of methoxy groups -OCH3 is 2. The summed E-state index contributed by atoms with van der Waals surface area (Å²) in [6, 6.07) is 13.2. The Balaban J connectivity index is 1.45. The Kier molecular flexibility index (Phi) is 5.84. The average Bonchev–Trinajstić information content (AvgIpc) is 2.70. The maximum absolute atomic E-state index is 12.1. The zero-order valence-electron chi connectivity index (χ0n) is 15.0. The minimum Gasteiger partial charge on any atom is -0.493 e. The van der Waals surface area contributed by atoms with Crippen molar-refractivity contribution in [2.75, 3.05) is 27.4 Å². The molecule has 1 aliphatic heterocycles. The van der Waals surface area contributed by atoms with E-state index in [1.165, 1.54) is 0 Å². The van der Waals surface area contributed by atoms with Gasteiger partial charge in [-0.25, -0.2) is 0 Å². The van der Waals surface area contributed by atoms with Gasteiger partial charge in [0, 0.05) is 6.42 Å². The fraction of sp³-hybridized carbons (Fsp3) is 0.350. The van der Waals surface area contributed by atoms with Crippen LogP contribution in [0.3, 0.4) is 0 Å². The van der Waals surface area contributed by atoms with Crippen LogP contribution in [-0.4, -0.2) is 39.4 Å². The highest BCUT2D eigenvalue weighted by Gasteiger charge is 2.20. The molecule has 1 atom stereocenters. The number of nitrogens with one attached hydrogen (secondary N) is 1. The lowest BCUT2D eigenvalue weighted by atomic mass is 10.1. The summed E-state index contributed by atoms with van der Waals surface area (Å²) in [4.78, 5) is 12.1. The molecule has 1 unspecified atom stereocenters. The summed E-state index contributed by atoms with van der Waals surface area (Å²) in [5, 5.41) is 2.90. The lowest BCUT2D eigenvalue weighted by molar-refractivity contribution is -0.121. The third-order valence-corrected chi connectivity index (χ3v) is 4.18. The van der Waals surface area contributed by atoms with E-state index in [1.807, 2.05) is 42.5 Å². The third-order valence-electron chi connectivity index (χ3n) is 4.18. The summed E-state index contributed by atoms with van der Waals surface area (Å²) in [6.45, 7) is 0.839. The molecule has 1 amide bonds. The Morgan fingerprint density at radius 1 is 1.12 bits per heavy atom. The summed E-state index contributed by atoms with van der Waals surface area (Å²) in [5.41, 5.74) is 1.02. The topological polar surface area (TPSA) is 66.0 Å². The number of hydrogen-bond acceptors (Lipinski definition) is 5. The lowest BCUT2D eigenvalue weighted by Gasteiger charge is -2.26. The van der Waals surface area contributed by atoms with Crippen LogP contribution < -0.4 is 24.3 Å². The number of carbonyl (C=O) groups is 1. The van der Waals surface area contributed by atoms with E-state index in [4.69, 9.17) is 18.9 Å². The number of rotatable bonds is 7. The molecule has 26 heavy (non-hydrogen) atoms. The fourth-order valence-electron chi connectivity index (χ4n) is 2.77. The van der Waals surface area contributed by atoms with Crippen molar-refractivity contribution >= 4 is 5.91 Å². The van der Waals surface area contributed by atoms with Crippen molar-refractivity contribution in [1.29, 1.82) is 0 Å². The second-order valence-electron chi connectivity index (χ2n) is 5.99. The first kappa shape index (κ1) is 17.9. The van der Waals surface area contributed by atoms with Crippen molar-refractivity contribution in [3.8, 4) is 23.0 Å². The van der Waals surface area contributed by atoms with E-state index < -0.39 is 0 Å². The third kappa shape index (κ3) is 4.39. The Bertz CT molecular complexity index is 762. The summed E-state index contributed by atoms with van der Waals surface area (Å²) in [6.07, 6.45) is 0.825. The minimum atomic E-state index is -0.185. The molecular formula is C20H23NO5. The van der Waals surface area contributed by atoms with Crippen LogP contribution in [0.1, 0.15) is 12.0 Å². The standard InChI is InChI=1S/C20H23NO5/c1-23-16-9-7-14(11-19(16)24-2)8-10-20(22)21-12-15-13-25-17-5-3-4-6-18(17)26-15/h3-7,9,11,15H,8,10,12-13H2,1-2H3,(H,21,22). The van der Waals surface area contributed by atoms with E-state index in [0.29, 0.717) is 43.2 Å². The maximum atomic E-state index is 12.1. The van der Waals surface area contributed by atoms with Crippen LogP contribution in [0.15, 0.2) is 42.5 Å². The van der Waals surface area contributed by atoms with Crippen LogP contribution in [0.4, 0.5) is 0 Å². The zero-order chi connectivity index (χ0) is 18.4. The van der Waals surface area contributed by atoms with E-state index in [9.17, 15) is 4.79 Å². The summed E-state index contributed by atoms with van der Waals surface area (Å²) in [7, 11) is 3.19. The monoisotopic (exact) mass is 357 g/mol. The lowest BCUT2D eigenvalue weighted by Crippen LogP contribution is -2.40. The molecule has 2 aromatic rings. The molecule has 0 radical (unpaired) electrons. The molecule has 1 aliphatic rings. The molecule has 0 fully saturated rings. The van der Waals surface area contributed by atoms with Crippen LogP contribution in [0.25, 0.3) is 0 Å². The molecule has 0 saturated carbocycles. The first-order valence-electron chi connectivity index (χ1n) is 8.55. The molecule has 0 bridgehead atoms. The molecule has 138 valence electrons. The van der Waals surface area contributed by atoms with Gasteiger partial charge < -0.3 is 24.3 Å². The van der Waals surface area contributed by atoms with Gasteiger partial charge in [-0.1, -0.05) is 18.2 Å². The number of amides is 1. The molecule has 1 N–H and O–H groups in total. The summed E-state index contributed by atoms with van der Waals surface area (Å²) < 4.78 is 22.0. The van der Waals surface area contributed by atoms with Crippen molar-refractivity contribution in [3.63, 3.8) is 0 Å². The first-order chi connectivity index (χ1) is 12.7. The smallest absolute Gasteiger partial charge is 0.220 e. The van der Waals surface area contributed by atoms with E-state index in [2.05, 4.69) is 5.32 Å². The maximum Gasteiger partial charge on any atom is 0.220 e. The first-order valence-corrected chi connectivity index (χ1v) is 8.55. The van der Waals surface area contributed by atoms with Gasteiger partial charge in [-0.05, 0) is 36.2 Å². The van der Waals surface area contributed by atoms with Crippen LogP contribution >= 0.6 is 0 Å². The Morgan fingerprint density at radius 2 is 1.88 bits per heavy atom. The second-order valence-corrected chi connectivity index (χ2v) is 5.99. The second kappa shape index (κ2) is 8.47. The van der Waals surface area contributed by atoms with Gasteiger partial charge >= 0.3 is 0 Å². The minimum absolute atomic E-state index is 0.0257. The molecule has 6 heteroatoms. The van der Waals surface area contributed by atoms with Gasteiger partial charge in [-0.3, -0.25) is 4.79 Å². The predicted molar refractivity (Wildman–Crippen MR) is 97.2 cm³/mol. The number of carbonyl (C=O) groups excluding carboxylic acids is 1. The number of para-hydroxylation sites is 2. The highest BCUT2D eigenvalue weighted by atomic mass is 16.6. The van der Waals surface area contributed by atoms with Gasteiger partial charge in [-0.2, -0.15) is 0 Å². The highest BCUT2D eigenvalue weighted by Crippen LogP contribution is 2.30. The van der Waals surface area contributed by atoms with Gasteiger partial charge in [0.2, 0.25) is 5.91 Å². The Labute approximate surface area is 153 Å².